The monoisotopic (exact) mass is 210 g/mol. The summed E-state index contributed by atoms with van der Waals surface area (Å²) in [5.74, 6) is 5.62. The molecule has 14 heavy (non-hydrogen) atoms. The van der Waals surface area contributed by atoms with Gasteiger partial charge in [-0.3, -0.25) is 0 Å². The molecular formula is C10H14N2OS. The lowest BCUT2D eigenvalue weighted by molar-refractivity contribution is 0.186. The number of hydrogen-bond acceptors (Lipinski definition) is 4. The van der Waals surface area contributed by atoms with Crippen molar-refractivity contribution in [1.82, 2.24) is 9.59 Å². The van der Waals surface area contributed by atoms with E-state index in [1.807, 2.05) is 0 Å². The molecule has 76 valence electrons. The first-order valence-corrected chi connectivity index (χ1v) is 5.45. The van der Waals surface area contributed by atoms with E-state index in [9.17, 15) is 5.11 Å². The summed E-state index contributed by atoms with van der Waals surface area (Å²) in [7, 11) is 0. The first-order chi connectivity index (χ1) is 6.79. The van der Waals surface area contributed by atoms with Crippen LogP contribution in [0.4, 0.5) is 0 Å². The fraction of sp³-hybridized carbons (Fsp3) is 0.600. The zero-order valence-electron chi connectivity index (χ0n) is 8.45. The van der Waals surface area contributed by atoms with Gasteiger partial charge in [-0.05, 0) is 24.9 Å². The van der Waals surface area contributed by atoms with Crippen molar-refractivity contribution in [2.75, 3.05) is 0 Å². The Morgan fingerprint density at radius 1 is 1.57 bits per heavy atom. The van der Waals surface area contributed by atoms with E-state index in [4.69, 9.17) is 0 Å². The number of aliphatic hydroxyl groups is 1. The standard InChI is InChI=1S/C10H14N2OS/c1-3-5-7-9(13)10-8(6-4-2)11-12-14-10/h9,13H,4,6-7H2,1-2H3. The minimum absolute atomic E-state index is 0.469. The molecule has 0 bridgehead atoms. The summed E-state index contributed by atoms with van der Waals surface area (Å²) in [4.78, 5) is 0.870. The highest BCUT2D eigenvalue weighted by Gasteiger charge is 2.14. The van der Waals surface area contributed by atoms with E-state index in [0.717, 1.165) is 23.4 Å². The Morgan fingerprint density at radius 2 is 2.36 bits per heavy atom. The summed E-state index contributed by atoms with van der Waals surface area (Å²) >= 11 is 1.27. The molecule has 3 nitrogen and oxygen atoms in total. The molecule has 1 aromatic heterocycles. The maximum Gasteiger partial charge on any atom is 0.103 e. The lowest BCUT2D eigenvalue weighted by atomic mass is 10.1. The maximum absolute atomic E-state index is 9.78. The quantitative estimate of drug-likeness (QED) is 0.772. The van der Waals surface area contributed by atoms with Crippen LogP contribution in [0.3, 0.4) is 0 Å². The highest BCUT2D eigenvalue weighted by atomic mass is 32.1. The second-order valence-corrected chi connectivity index (χ2v) is 3.77. The first kappa shape index (κ1) is 11.2. The molecule has 0 fully saturated rings. The van der Waals surface area contributed by atoms with Gasteiger partial charge in [0.05, 0.1) is 10.6 Å². The van der Waals surface area contributed by atoms with Crippen molar-refractivity contribution in [3.63, 3.8) is 0 Å². The fourth-order valence-corrected chi connectivity index (χ4v) is 1.85. The summed E-state index contributed by atoms with van der Waals surface area (Å²) in [5, 5.41) is 13.8. The molecule has 0 amide bonds. The average molecular weight is 210 g/mol. The van der Waals surface area contributed by atoms with E-state index < -0.39 is 6.10 Å². The first-order valence-electron chi connectivity index (χ1n) is 4.68. The van der Waals surface area contributed by atoms with Crippen molar-refractivity contribution in [2.24, 2.45) is 0 Å². The molecule has 0 aliphatic rings. The third-order valence-corrected chi connectivity index (χ3v) is 2.71. The molecule has 1 N–H and O–H groups in total. The highest BCUT2D eigenvalue weighted by Crippen LogP contribution is 2.23. The predicted molar refractivity (Wildman–Crippen MR) is 56.9 cm³/mol. The Balaban J connectivity index is 2.71. The van der Waals surface area contributed by atoms with Gasteiger partial charge >= 0.3 is 0 Å². The average Bonchev–Trinajstić information content (AvgIpc) is 2.63. The highest BCUT2D eigenvalue weighted by molar-refractivity contribution is 7.05. The van der Waals surface area contributed by atoms with E-state index >= 15 is 0 Å². The molecular weight excluding hydrogens is 196 g/mol. The van der Waals surface area contributed by atoms with Crippen LogP contribution in [0.25, 0.3) is 0 Å². The van der Waals surface area contributed by atoms with Crippen LogP contribution in [0.15, 0.2) is 0 Å². The number of nitrogens with zero attached hydrogens (tertiary/aromatic N) is 2. The van der Waals surface area contributed by atoms with E-state index in [1.165, 1.54) is 11.5 Å². The summed E-state index contributed by atoms with van der Waals surface area (Å²) in [5.41, 5.74) is 0.919. The van der Waals surface area contributed by atoms with Crippen LogP contribution < -0.4 is 0 Å². The van der Waals surface area contributed by atoms with Gasteiger partial charge in [0.25, 0.3) is 0 Å². The molecule has 0 saturated heterocycles. The Kier molecular flexibility index (Phi) is 4.57. The van der Waals surface area contributed by atoms with E-state index in [0.29, 0.717) is 6.42 Å². The van der Waals surface area contributed by atoms with Gasteiger partial charge in [0.1, 0.15) is 6.10 Å². The summed E-state index contributed by atoms with van der Waals surface area (Å²) in [6, 6.07) is 0. The lowest BCUT2D eigenvalue weighted by Crippen LogP contribution is -1.98. The number of hydrogen-bond donors (Lipinski definition) is 1. The third kappa shape index (κ3) is 2.79. The van der Waals surface area contributed by atoms with Gasteiger partial charge in [-0.15, -0.1) is 16.9 Å². The number of aliphatic hydroxyl groups excluding tert-OH is 1. The van der Waals surface area contributed by atoms with E-state index in [1.54, 1.807) is 6.92 Å². The molecule has 0 aromatic carbocycles. The van der Waals surface area contributed by atoms with Crippen molar-refractivity contribution in [1.29, 1.82) is 0 Å². The van der Waals surface area contributed by atoms with Crippen molar-refractivity contribution in [3.8, 4) is 11.8 Å². The zero-order valence-corrected chi connectivity index (χ0v) is 9.27. The molecule has 4 heteroatoms. The van der Waals surface area contributed by atoms with Crippen LogP contribution in [0, 0.1) is 11.8 Å². The number of aromatic nitrogens is 2. The van der Waals surface area contributed by atoms with Crippen LogP contribution in [0.2, 0.25) is 0 Å². The molecule has 0 aliphatic carbocycles. The third-order valence-electron chi connectivity index (χ3n) is 1.85. The molecule has 0 saturated carbocycles. The van der Waals surface area contributed by atoms with Crippen molar-refractivity contribution >= 4 is 11.5 Å². The van der Waals surface area contributed by atoms with Crippen LogP contribution in [0.5, 0.6) is 0 Å². The Bertz CT molecular complexity index is 337. The van der Waals surface area contributed by atoms with Crippen molar-refractivity contribution < 1.29 is 5.11 Å². The van der Waals surface area contributed by atoms with Crippen LogP contribution >= 0.6 is 11.5 Å². The number of aryl methyl sites for hydroxylation is 1. The fourth-order valence-electron chi connectivity index (χ4n) is 1.17. The van der Waals surface area contributed by atoms with Gasteiger partial charge in [0.15, 0.2) is 0 Å². The topological polar surface area (TPSA) is 46.0 Å². The molecule has 1 atom stereocenters. The van der Waals surface area contributed by atoms with Gasteiger partial charge in [-0.1, -0.05) is 17.8 Å². The maximum atomic E-state index is 9.78. The summed E-state index contributed by atoms with van der Waals surface area (Å²) in [6.45, 7) is 3.85. The van der Waals surface area contributed by atoms with Gasteiger partial charge in [0, 0.05) is 6.42 Å². The largest absolute Gasteiger partial charge is 0.386 e. The molecule has 1 heterocycles. The van der Waals surface area contributed by atoms with Gasteiger partial charge in [0.2, 0.25) is 0 Å². The molecule has 1 rings (SSSR count). The van der Waals surface area contributed by atoms with E-state index in [2.05, 4.69) is 28.4 Å². The summed E-state index contributed by atoms with van der Waals surface area (Å²) in [6.07, 6.45) is 1.84. The number of rotatable bonds is 4. The Morgan fingerprint density at radius 3 is 3.00 bits per heavy atom. The molecule has 0 radical (unpaired) electrons. The van der Waals surface area contributed by atoms with Gasteiger partial charge in [-0.2, -0.15) is 0 Å². The van der Waals surface area contributed by atoms with Gasteiger partial charge < -0.3 is 5.11 Å². The lowest BCUT2D eigenvalue weighted by Gasteiger charge is -2.04. The van der Waals surface area contributed by atoms with Crippen LogP contribution in [-0.4, -0.2) is 14.7 Å². The SMILES string of the molecule is CC#CCC(O)c1snnc1CCC. The van der Waals surface area contributed by atoms with Crippen molar-refractivity contribution in [2.45, 2.75) is 39.2 Å². The second-order valence-electron chi connectivity index (χ2n) is 2.98. The van der Waals surface area contributed by atoms with E-state index in [-0.39, 0.29) is 0 Å². The Labute approximate surface area is 88.3 Å². The zero-order chi connectivity index (χ0) is 10.4. The van der Waals surface area contributed by atoms with Gasteiger partial charge in [-0.25, -0.2) is 0 Å². The van der Waals surface area contributed by atoms with Crippen LogP contribution in [-0.2, 0) is 6.42 Å². The smallest absolute Gasteiger partial charge is 0.103 e. The Hall–Kier alpha value is -0.920. The molecule has 0 aliphatic heterocycles. The van der Waals surface area contributed by atoms with Crippen LogP contribution in [0.1, 0.15) is 43.4 Å². The molecule has 1 aromatic rings. The minimum Gasteiger partial charge on any atom is -0.386 e. The normalized spacial score (nSPS) is 11.9. The molecule has 0 spiro atoms. The summed E-state index contributed by atoms with van der Waals surface area (Å²) < 4.78 is 3.85. The minimum atomic E-state index is -0.524. The predicted octanol–water partition coefficient (Wildman–Crippen LogP) is 1.94. The second kappa shape index (κ2) is 5.74. The molecule has 1 unspecified atom stereocenters. The van der Waals surface area contributed by atoms with Crippen molar-refractivity contribution in [3.05, 3.63) is 10.6 Å².